The van der Waals surface area contributed by atoms with E-state index in [0.29, 0.717) is 0 Å². The average Bonchev–Trinajstić information content (AvgIpc) is 1.99. The summed E-state index contributed by atoms with van der Waals surface area (Å²) in [4.78, 5) is 22.4. The molecule has 88 valence electrons. The Morgan fingerprint density at radius 1 is 1.40 bits per heavy atom. The van der Waals surface area contributed by atoms with Crippen LogP contribution >= 0.6 is 11.6 Å². The van der Waals surface area contributed by atoms with Gasteiger partial charge in [0.05, 0.1) is 6.10 Å². The third kappa shape index (κ3) is 8.39. The van der Waals surface area contributed by atoms with Crippen molar-refractivity contribution in [3.63, 3.8) is 0 Å². The van der Waals surface area contributed by atoms with Crippen molar-refractivity contribution in [1.82, 2.24) is 0 Å². The van der Waals surface area contributed by atoms with Gasteiger partial charge in [-0.1, -0.05) is 0 Å². The van der Waals surface area contributed by atoms with Crippen molar-refractivity contribution in [2.24, 2.45) is 0 Å². The van der Waals surface area contributed by atoms with Crippen molar-refractivity contribution in [3.8, 4) is 0 Å². The molecule has 0 amide bonds. The minimum absolute atomic E-state index is 0.0138. The van der Waals surface area contributed by atoms with Crippen LogP contribution in [0.2, 0.25) is 0 Å². The number of aliphatic hydroxyl groups is 1. The van der Waals surface area contributed by atoms with Crippen LogP contribution in [0.25, 0.3) is 0 Å². The van der Waals surface area contributed by atoms with E-state index in [1.54, 1.807) is 20.8 Å². The van der Waals surface area contributed by atoms with E-state index in [1.807, 2.05) is 0 Å². The number of alkyl halides is 1. The van der Waals surface area contributed by atoms with Gasteiger partial charge in [0.25, 0.3) is 0 Å². The van der Waals surface area contributed by atoms with Crippen molar-refractivity contribution in [3.05, 3.63) is 0 Å². The summed E-state index contributed by atoms with van der Waals surface area (Å²) in [5.41, 5.74) is -0.595. The van der Waals surface area contributed by atoms with Gasteiger partial charge in [0.2, 0.25) is 0 Å². The van der Waals surface area contributed by atoms with E-state index < -0.39 is 17.7 Å². The number of aliphatic hydroxyl groups excluding tert-OH is 1. The predicted octanol–water partition coefficient (Wildman–Crippen LogP) is 1.28. The fourth-order valence-electron chi connectivity index (χ4n) is 0.928. The molecule has 0 spiro atoms. The zero-order valence-electron chi connectivity index (χ0n) is 9.25. The van der Waals surface area contributed by atoms with Crippen LogP contribution in [0.3, 0.4) is 0 Å². The molecule has 0 aromatic heterocycles. The molecule has 0 aliphatic heterocycles. The lowest BCUT2D eigenvalue weighted by Gasteiger charge is -2.19. The molecule has 1 atom stereocenters. The summed E-state index contributed by atoms with van der Waals surface area (Å²) >= 11 is 5.32. The monoisotopic (exact) mass is 236 g/mol. The van der Waals surface area contributed by atoms with Crippen LogP contribution in [-0.4, -0.2) is 34.4 Å². The molecule has 15 heavy (non-hydrogen) atoms. The quantitative estimate of drug-likeness (QED) is 0.444. The lowest BCUT2D eigenvalue weighted by Crippen LogP contribution is -2.26. The van der Waals surface area contributed by atoms with Crippen molar-refractivity contribution in [1.29, 1.82) is 0 Å². The van der Waals surface area contributed by atoms with Gasteiger partial charge >= 0.3 is 5.97 Å². The van der Waals surface area contributed by atoms with Crippen LogP contribution in [0.4, 0.5) is 0 Å². The number of carbonyl (C=O) groups excluding carboxylic acids is 2. The highest BCUT2D eigenvalue weighted by molar-refractivity contribution is 6.18. The summed E-state index contributed by atoms with van der Waals surface area (Å²) in [5.74, 6) is -0.952. The van der Waals surface area contributed by atoms with E-state index in [1.165, 1.54) is 0 Å². The first-order valence-corrected chi connectivity index (χ1v) is 5.25. The highest BCUT2D eigenvalue weighted by atomic mass is 35.5. The van der Waals surface area contributed by atoms with E-state index in [4.69, 9.17) is 21.4 Å². The zero-order valence-corrected chi connectivity index (χ0v) is 10.0. The normalized spacial score (nSPS) is 13.4. The fourth-order valence-corrected chi connectivity index (χ4v) is 1.04. The van der Waals surface area contributed by atoms with Gasteiger partial charge in [-0.2, -0.15) is 0 Å². The second-order valence-corrected chi connectivity index (χ2v) is 4.62. The second kappa shape index (κ2) is 6.08. The lowest BCUT2D eigenvalue weighted by molar-refractivity contribution is -0.156. The highest BCUT2D eigenvalue weighted by Gasteiger charge is 2.20. The first-order chi connectivity index (χ1) is 6.74. The summed E-state index contributed by atoms with van der Waals surface area (Å²) in [6.07, 6.45) is -1.31. The van der Waals surface area contributed by atoms with Crippen molar-refractivity contribution >= 4 is 23.4 Å². The maximum atomic E-state index is 11.2. The van der Waals surface area contributed by atoms with Gasteiger partial charge in [-0.3, -0.25) is 9.59 Å². The van der Waals surface area contributed by atoms with E-state index in [2.05, 4.69) is 0 Å². The molecule has 0 heterocycles. The van der Waals surface area contributed by atoms with Crippen LogP contribution in [0.1, 0.15) is 33.6 Å². The predicted molar refractivity (Wildman–Crippen MR) is 56.8 cm³/mol. The first kappa shape index (κ1) is 14.4. The lowest BCUT2D eigenvalue weighted by atomic mass is 10.1. The number of rotatable bonds is 5. The maximum Gasteiger partial charge on any atom is 0.313 e. The topological polar surface area (TPSA) is 63.6 Å². The Hall–Kier alpha value is -0.610. The van der Waals surface area contributed by atoms with Gasteiger partial charge in [0.15, 0.2) is 0 Å². The van der Waals surface area contributed by atoms with E-state index in [0.717, 1.165) is 0 Å². The number of ether oxygens (including phenoxy) is 1. The van der Waals surface area contributed by atoms with Crippen LogP contribution < -0.4 is 0 Å². The van der Waals surface area contributed by atoms with Crippen molar-refractivity contribution in [2.75, 3.05) is 5.88 Å². The maximum absolute atomic E-state index is 11.2. The third-order valence-electron chi connectivity index (χ3n) is 1.40. The summed E-state index contributed by atoms with van der Waals surface area (Å²) < 4.78 is 4.95. The molecule has 5 heteroatoms. The minimum atomic E-state index is -0.887. The van der Waals surface area contributed by atoms with Gasteiger partial charge in [0.1, 0.15) is 17.8 Å². The van der Waals surface area contributed by atoms with Gasteiger partial charge in [-0.15, -0.1) is 11.6 Å². The molecule has 1 N–H and O–H groups in total. The highest BCUT2D eigenvalue weighted by Crippen LogP contribution is 2.09. The van der Waals surface area contributed by atoms with E-state index in [-0.39, 0.29) is 24.5 Å². The van der Waals surface area contributed by atoms with E-state index >= 15 is 0 Å². The third-order valence-corrected chi connectivity index (χ3v) is 1.76. The number of ketones is 1. The number of Topliss-reactive ketones (excluding diaryl/α,β-unsaturated/α-hetero) is 1. The summed E-state index contributed by atoms with van der Waals surface area (Å²) in [5, 5.41) is 9.07. The Bertz CT molecular complexity index is 232. The van der Waals surface area contributed by atoms with Crippen molar-refractivity contribution < 1.29 is 19.4 Å². The van der Waals surface area contributed by atoms with Gasteiger partial charge in [-0.25, -0.2) is 0 Å². The van der Waals surface area contributed by atoms with Gasteiger partial charge in [0, 0.05) is 12.3 Å². The number of halogens is 1. The molecule has 0 bridgehead atoms. The Labute approximate surface area is 94.6 Å². The molecule has 0 aromatic carbocycles. The van der Waals surface area contributed by atoms with Crippen LogP contribution in [0.5, 0.6) is 0 Å². The molecule has 0 saturated carbocycles. The summed E-state index contributed by atoms with van der Waals surface area (Å²) in [6.45, 7) is 5.18. The summed E-state index contributed by atoms with van der Waals surface area (Å²) in [7, 11) is 0. The molecule has 0 saturated heterocycles. The minimum Gasteiger partial charge on any atom is -0.460 e. The van der Waals surface area contributed by atoms with Crippen LogP contribution in [-0.2, 0) is 14.3 Å². The Morgan fingerprint density at radius 3 is 2.33 bits per heavy atom. The number of carbonyl (C=O) groups is 2. The molecule has 0 rings (SSSR count). The van der Waals surface area contributed by atoms with Gasteiger partial charge < -0.3 is 9.84 Å². The molecular weight excluding hydrogens is 220 g/mol. The van der Waals surface area contributed by atoms with Crippen LogP contribution in [0, 0.1) is 0 Å². The molecule has 0 aliphatic carbocycles. The average molecular weight is 237 g/mol. The van der Waals surface area contributed by atoms with Crippen LogP contribution in [0.15, 0.2) is 0 Å². The first-order valence-electron chi connectivity index (χ1n) is 4.72. The second-order valence-electron chi connectivity index (χ2n) is 4.31. The standard InChI is InChI=1S/C10H17ClO4/c1-10(2,3)15-9(14)5-7(12)4-8(13)6-11/h8,13H,4-6H2,1-3H3/t8-/m1/s1. The molecule has 0 radical (unpaired) electrons. The SMILES string of the molecule is CC(C)(C)OC(=O)CC(=O)C[C@@H](O)CCl. The smallest absolute Gasteiger partial charge is 0.313 e. The Kier molecular flexibility index (Phi) is 5.83. The fraction of sp³-hybridized carbons (Fsp3) is 0.800. The molecule has 0 aromatic rings. The zero-order chi connectivity index (χ0) is 12.1. The van der Waals surface area contributed by atoms with Gasteiger partial charge in [-0.05, 0) is 20.8 Å². The molecule has 4 nitrogen and oxygen atoms in total. The Balaban J connectivity index is 3.92. The molecule has 0 fully saturated rings. The number of esters is 1. The molecule has 0 unspecified atom stereocenters. The molecular formula is C10H17ClO4. The number of hydrogen-bond donors (Lipinski definition) is 1. The largest absolute Gasteiger partial charge is 0.460 e. The van der Waals surface area contributed by atoms with E-state index in [9.17, 15) is 9.59 Å². The Morgan fingerprint density at radius 2 is 1.93 bits per heavy atom. The number of hydrogen-bond acceptors (Lipinski definition) is 4. The summed E-state index contributed by atoms with van der Waals surface area (Å²) in [6, 6.07) is 0. The van der Waals surface area contributed by atoms with Crippen molar-refractivity contribution in [2.45, 2.75) is 45.3 Å². The molecule has 0 aliphatic rings.